The second-order valence-electron chi connectivity index (χ2n) is 10.3. The number of hydrogen-bond acceptors (Lipinski definition) is 6. The highest BCUT2D eigenvalue weighted by atomic mass is 35.5. The lowest BCUT2D eigenvalue weighted by molar-refractivity contribution is -0.166. The average Bonchev–Trinajstić information content (AvgIpc) is 3.69. The number of H-pyrrole nitrogens is 1. The van der Waals surface area contributed by atoms with Crippen molar-refractivity contribution in [2.75, 3.05) is 19.6 Å². The average molecular weight is 552 g/mol. The highest BCUT2D eigenvalue weighted by Crippen LogP contribution is 2.47. The summed E-state index contributed by atoms with van der Waals surface area (Å²) < 4.78 is 41.2. The van der Waals surface area contributed by atoms with Crippen molar-refractivity contribution >= 4 is 34.2 Å². The Morgan fingerprint density at radius 3 is 2.69 bits per heavy atom. The van der Waals surface area contributed by atoms with Gasteiger partial charge in [0, 0.05) is 64.8 Å². The van der Waals surface area contributed by atoms with E-state index in [0.29, 0.717) is 34.7 Å². The third-order valence-electron chi connectivity index (χ3n) is 7.71. The van der Waals surface area contributed by atoms with Gasteiger partial charge < -0.3 is 15.6 Å². The van der Waals surface area contributed by atoms with Crippen LogP contribution in [0.4, 0.5) is 18.9 Å². The molecule has 4 aromatic rings. The Morgan fingerprint density at radius 2 is 1.90 bits per heavy atom. The Labute approximate surface area is 227 Å². The van der Waals surface area contributed by atoms with E-state index in [1.165, 1.54) is 0 Å². The fourth-order valence-electron chi connectivity index (χ4n) is 5.63. The largest absolute Gasteiger partial charge is 0.405 e. The van der Waals surface area contributed by atoms with Crippen molar-refractivity contribution in [3.63, 3.8) is 0 Å². The van der Waals surface area contributed by atoms with Crippen molar-refractivity contribution in [2.45, 2.75) is 37.1 Å². The molecule has 0 radical (unpaired) electrons. The molecular formula is C28H25ClF3N7. The molecule has 3 N–H and O–H groups in total. The first-order chi connectivity index (χ1) is 18.9. The molecule has 1 aliphatic carbocycles. The lowest BCUT2D eigenvalue weighted by Gasteiger charge is -2.42. The highest BCUT2D eigenvalue weighted by molar-refractivity contribution is 6.33. The zero-order chi connectivity index (χ0) is 26.7. The zero-order valence-electron chi connectivity index (χ0n) is 20.8. The number of aliphatic imine (C=N–C) groups is 1. The lowest BCUT2D eigenvalue weighted by Crippen LogP contribution is -2.59. The van der Waals surface area contributed by atoms with Crippen LogP contribution >= 0.6 is 11.6 Å². The maximum atomic E-state index is 13.7. The maximum Gasteiger partial charge on any atom is 0.405 e. The summed E-state index contributed by atoms with van der Waals surface area (Å²) in [4.78, 5) is 19.1. The molecular weight excluding hydrogens is 527 g/mol. The predicted octanol–water partition coefficient (Wildman–Crippen LogP) is 5.67. The SMILES string of the molecule is FC(F)(F)[C@H]1CN(C2NC(c3ccnc4[nH]c(-c5ccccc5Cl)cc34)=Nc3cncc(C4CC4)c32)CCN1. The maximum absolute atomic E-state index is 13.7. The first kappa shape index (κ1) is 24.6. The van der Waals surface area contributed by atoms with Gasteiger partial charge in [-0.25, -0.2) is 9.98 Å². The minimum Gasteiger partial charge on any atom is -0.350 e. The topological polar surface area (TPSA) is 81.2 Å². The van der Waals surface area contributed by atoms with E-state index < -0.39 is 18.4 Å². The van der Waals surface area contributed by atoms with Crippen LogP contribution in [0.3, 0.4) is 0 Å². The van der Waals surface area contributed by atoms with E-state index in [1.54, 1.807) is 12.4 Å². The molecule has 1 saturated carbocycles. The number of pyridine rings is 2. The smallest absolute Gasteiger partial charge is 0.350 e. The van der Waals surface area contributed by atoms with Gasteiger partial charge in [-0.1, -0.05) is 29.8 Å². The Balaban J connectivity index is 1.33. The molecule has 2 fully saturated rings. The molecule has 11 heteroatoms. The molecule has 2 atom stereocenters. The molecule has 0 spiro atoms. The van der Waals surface area contributed by atoms with E-state index in [9.17, 15) is 13.2 Å². The number of rotatable bonds is 4. The summed E-state index contributed by atoms with van der Waals surface area (Å²) in [7, 11) is 0. The number of aromatic amines is 1. The van der Waals surface area contributed by atoms with Crippen LogP contribution in [-0.4, -0.2) is 57.5 Å². The summed E-state index contributed by atoms with van der Waals surface area (Å²) in [5.74, 6) is 0.937. The van der Waals surface area contributed by atoms with Gasteiger partial charge in [-0.2, -0.15) is 13.2 Å². The van der Waals surface area contributed by atoms with Crippen molar-refractivity contribution in [1.82, 2.24) is 30.5 Å². The number of nitrogens with one attached hydrogen (secondary N) is 3. The fourth-order valence-corrected chi connectivity index (χ4v) is 5.87. The third-order valence-corrected chi connectivity index (χ3v) is 8.04. The number of piperazine rings is 1. The molecule has 3 aromatic heterocycles. The number of aromatic nitrogens is 3. The molecule has 1 unspecified atom stereocenters. The molecule has 0 bridgehead atoms. The second-order valence-corrected chi connectivity index (χ2v) is 10.7. The molecule has 1 aromatic carbocycles. The lowest BCUT2D eigenvalue weighted by atomic mass is 9.97. The van der Waals surface area contributed by atoms with Crippen LogP contribution in [0.25, 0.3) is 22.3 Å². The number of amidine groups is 1. The molecule has 5 heterocycles. The van der Waals surface area contributed by atoms with Gasteiger partial charge in [0.25, 0.3) is 0 Å². The van der Waals surface area contributed by atoms with Gasteiger partial charge in [0.2, 0.25) is 0 Å². The Kier molecular flexibility index (Phi) is 5.87. The summed E-state index contributed by atoms with van der Waals surface area (Å²) in [6.07, 6.45) is 2.55. The molecule has 200 valence electrons. The van der Waals surface area contributed by atoms with Gasteiger partial charge in [-0.05, 0) is 42.5 Å². The van der Waals surface area contributed by atoms with Gasteiger partial charge in [-0.3, -0.25) is 9.88 Å². The van der Waals surface area contributed by atoms with Crippen molar-refractivity contribution in [2.24, 2.45) is 4.99 Å². The van der Waals surface area contributed by atoms with Gasteiger partial charge in [0.05, 0.1) is 11.9 Å². The minimum atomic E-state index is -4.33. The standard InChI is InChI=1S/C28H25ClF3N7/c29-20-4-2-1-3-17(20)21-11-18-16(7-8-35-25(18)36-21)26-37-22-13-33-12-19(15-5-6-15)24(22)27(38-26)39-10-9-34-23(14-39)28(30,31)32/h1-4,7-8,11-13,15,23,27,34H,5-6,9-10,14H2,(H,35,36)(H,37,38)/t23-,27?/m1/s1. The third kappa shape index (κ3) is 4.46. The molecule has 3 aliphatic rings. The van der Waals surface area contributed by atoms with E-state index in [1.807, 2.05) is 47.5 Å². The Hall–Kier alpha value is -3.47. The van der Waals surface area contributed by atoms with Crippen molar-refractivity contribution in [3.8, 4) is 11.3 Å². The molecule has 2 aliphatic heterocycles. The van der Waals surface area contributed by atoms with Crippen LogP contribution in [0, 0.1) is 0 Å². The number of alkyl halides is 3. The first-order valence-corrected chi connectivity index (χ1v) is 13.3. The normalized spacial score (nSPS) is 21.9. The van der Waals surface area contributed by atoms with Gasteiger partial charge in [-0.15, -0.1) is 0 Å². The van der Waals surface area contributed by atoms with Crippen LogP contribution in [0.1, 0.15) is 41.6 Å². The summed E-state index contributed by atoms with van der Waals surface area (Å²) in [5, 5.41) is 7.61. The predicted molar refractivity (Wildman–Crippen MR) is 144 cm³/mol. The number of halogens is 4. The first-order valence-electron chi connectivity index (χ1n) is 13.0. The second kappa shape index (κ2) is 9.32. The van der Waals surface area contributed by atoms with Crippen LogP contribution < -0.4 is 10.6 Å². The van der Waals surface area contributed by atoms with Crippen molar-refractivity contribution in [1.29, 1.82) is 0 Å². The highest BCUT2D eigenvalue weighted by Gasteiger charge is 2.45. The van der Waals surface area contributed by atoms with Gasteiger partial charge in [0.1, 0.15) is 23.7 Å². The molecule has 39 heavy (non-hydrogen) atoms. The number of fused-ring (bicyclic) bond motifs is 2. The number of hydrogen-bond donors (Lipinski definition) is 3. The van der Waals surface area contributed by atoms with E-state index in [2.05, 4.69) is 25.6 Å². The van der Waals surface area contributed by atoms with E-state index in [-0.39, 0.29) is 13.1 Å². The van der Waals surface area contributed by atoms with E-state index in [0.717, 1.165) is 46.2 Å². The molecule has 7 rings (SSSR count). The molecule has 1 saturated heterocycles. The van der Waals surface area contributed by atoms with Crippen molar-refractivity contribution in [3.05, 3.63) is 76.7 Å². The van der Waals surface area contributed by atoms with Crippen LogP contribution in [0.15, 0.2) is 60.0 Å². The molecule has 0 amide bonds. The summed E-state index contributed by atoms with van der Waals surface area (Å²) in [6.45, 7) is 0.551. The monoisotopic (exact) mass is 551 g/mol. The van der Waals surface area contributed by atoms with E-state index in [4.69, 9.17) is 16.6 Å². The van der Waals surface area contributed by atoms with Crippen LogP contribution in [-0.2, 0) is 0 Å². The van der Waals surface area contributed by atoms with E-state index >= 15 is 0 Å². The number of nitrogens with zero attached hydrogens (tertiary/aromatic N) is 4. The summed E-state index contributed by atoms with van der Waals surface area (Å²) >= 11 is 6.45. The fraction of sp³-hybridized carbons (Fsp3) is 0.321. The molecule has 7 nitrogen and oxygen atoms in total. The van der Waals surface area contributed by atoms with Gasteiger partial charge in [0.15, 0.2) is 0 Å². The summed E-state index contributed by atoms with van der Waals surface area (Å²) in [6, 6.07) is 9.81. The van der Waals surface area contributed by atoms with Crippen LogP contribution in [0.2, 0.25) is 5.02 Å². The van der Waals surface area contributed by atoms with Gasteiger partial charge >= 0.3 is 6.18 Å². The Morgan fingerprint density at radius 1 is 1.05 bits per heavy atom. The summed E-state index contributed by atoms with van der Waals surface area (Å²) in [5.41, 5.74) is 5.81. The quantitative estimate of drug-likeness (QED) is 0.304. The Bertz CT molecular complexity index is 1590. The number of benzene rings is 1. The minimum absolute atomic E-state index is 0.160. The van der Waals surface area contributed by atoms with Crippen molar-refractivity contribution < 1.29 is 13.2 Å². The zero-order valence-corrected chi connectivity index (χ0v) is 21.5. The van der Waals surface area contributed by atoms with Crippen LogP contribution in [0.5, 0.6) is 0 Å².